The lowest BCUT2D eigenvalue weighted by molar-refractivity contribution is 0.181. The first kappa shape index (κ1) is 16.8. The third-order valence-electron chi connectivity index (χ3n) is 4.54. The molecule has 1 unspecified atom stereocenters. The SMILES string of the molecule is CC(Nc1ccnc2c(Br)cccc12)c1cccc(N2CCOC2=O)c1. The molecule has 0 aliphatic carbocycles. The van der Waals surface area contributed by atoms with E-state index in [1.54, 1.807) is 11.1 Å². The summed E-state index contributed by atoms with van der Waals surface area (Å²) in [5, 5.41) is 4.62. The standard InChI is InChI=1S/C20H18BrN3O2/c1-13(14-4-2-5-15(12-14)24-10-11-26-20(24)25)23-18-8-9-22-19-16(18)6-3-7-17(19)21/h2-9,12-13H,10-11H2,1H3,(H,22,23). The number of nitrogens with zero attached hydrogens (tertiary/aromatic N) is 2. The summed E-state index contributed by atoms with van der Waals surface area (Å²) in [6.07, 6.45) is 1.52. The van der Waals surface area contributed by atoms with Crippen LogP contribution in [0.1, 0.15) is 18.5 Å². The van der Waals surface area contributed by atoms with E-state index in [2.05, 4.69) is 45.3 Å². The Labute approximate surface area is 160 Å². The molecule has 2 aromatic carbocycles. The Morgan fingerprint density at radius 3 is 2.88 bits per heavy atom. The first-order valence-corrected chi connectivity index (χ1v) is 9.27. The molecule has 1 atom stereocenters. The van der Waals surface area contributed by atoms with Crippen molar-refractivity contribution in [1.82, 2.24) is 4.98 Å². The van der Waals surface area contributed by atoms with Gasteiger partial charge >= 0.3 is 6.09 Å². The van der Waals surface area contributed by atoms with Crippen molar-refractivity contribution in [3.8, 4) is 0 Å². The number of nitrogens with one attached hydrogen (secondary N) is 1. The first-order chi connectivity index (χ1) is 12.6. The predicted octanol–water partition coefficient (Wildman–Crippen LogP) is 5.13. The molecule has 4 rings (SSSR count). The third-order valence-corrected chi connectivity index (χ3v) is 5.18. The van der Waals surface area contributed by atoms with E-state index in [0.29, 0.717) is 13.2 Å². The second kappa shape index (κ2) is 6.96. The van der Waals surface area contributed by atoms with Crippen molar-refractivity contribution in [2.45, 2.75) is 13.0 Å². The molecule has 1 aliphatic heterocycles. The van der Waals surface area contributed by atoms with Crippen molar-refractivity contribution in [2.75, 3.05) is 23.4 Å². The maximum absolute atomic E-state index is 11.8. The van der Waals surface area contributed by atoms with Crippen molar-refractivity contribution >= 4 is 44.3 Å². The van der Waals surface area contributed by atoms with Gasteiger partial charge in [0.2, 0.25) is 0 Å². The topological polar surface area (TPSA) is 54.5 Å². The van der Waals surface area contributed by atoms with Crippen LogP contribution in [0.5, 0.6) is 0 Å². The molecule has 1 fully saturated rings. The van der Waals surface area contributed by atoms with Gasteiger partial charge in [-0.15, -0.1) is 0 Å². The number of benzene rings is 2. The summed E-state index contributed by atoms with van der Waals surface area (Å²) in [7, 11) is 0. The lowest BCUT2D eigenvalue weighted by Gasteiger charge is -2.20. The fourth-order valence-corrected chi connectivity index (χ4v) is 3.64. The summed E-state index contributed by atoms with van der Waals surface area (Å²) in [5.74, 6) is 0. The second-order valence-corrected chi connectivity index (χ2v) is 7.08. The van der Waals surface area contributed by atoms with Crippen LogP contribution in [0.3, 0.4) is 0 Å². The van der Waals surface area contributed by atoms with E-state index in [9.17, 15) is 4.79 Å². The third kappa shape index (κ3) is 3.12. The van der Waals surface area contributed by atoms with E-state index in [4.69, 9.17) is 4.74 Å². The Balaban J connectivity index is 1.62. The summed E-state index contributed by atoms with van der Waals surface area (Å²) < 4.78 is 6.01. The van der Waals surface area contributed by atoms with Gasteiger partial charge in [-0.05, 0) is 52.7 Å². The summed E-state index contributed by atoms with van der Waals surface area (Å²) >= 11 is 3.56. The number of hydrogen-bond donors (Lipinski definition) is 1. The number of pyridine rings is 1. The number of fused-ring (bicyclic) bond motifs is 1. The van der Waals surface area contributed by atoms with Crippen LogP contribution in [0, 0.1) is 0 Å². The average molecular weight is 412 g/mol. The Morgan fingerprint density at radius 1 is 1.23 bits per heavy atom. The number of rotatable bonds is 4. The van der Waals surface area contributed by atoms with Gasteiger partial charge < -0.3 is 10.1 Å². The molecule has 0 saturated carbocycles. The van der Waals surface area contributed by atoms with Gasteiger partial charge in [-0.2, -0.15) is 0 Å². The molecule has 2 heterocycles. The van der Waals surface area contributed by atoms with Crippen LogP contribution in [0.2, 0.25) is 0 Å². The maximum Gasteiger partial charge on any atom is 0.414 e. The van der Waals surface area contributed by atoms with Crippen LogP contribution in [0.4, 0.5) is 16.2 Å². The van der Waals surface area contributed by atoms with Gasteiger partial charge in [-0.3, -0.25) is 9.88 Å². The minimum absolute atomic E-state index is 0.0677. The number of ether oxygens (including phenoxy) is 1. The molecule has 0 bridgehead atoms. The van der Waals surface area contributed by atoms with Gasteiger partial charge in [0.1, 0.15) is 6.61 Å². The zero-order valence-electron chi connectivity index (χ0n) is 14.3. The van der Waals surface area contributed by atoms with E-state index < -0.39 is 0 Å². The summed E-state index contributed by atoms with van der Waals surface area (Å²) in [5.41, 5.74) is 3.91. The number of halogens is 1. The van der Waals surface area contributed by atoms with Crippen molar-refractivity contribution < 1.29 is 9.53 Å². The van der Waals surface area contributed by atoms with Crippen LogP contribution in [-0.2, 0) is 4.74 Å². The molecule has 1 N–H and O–H groups in total. The van der Waals surface area contributed by atoms with Crippen molar-refractivity contribution in [3.63, 3.8) is 0 Å². The molecule has 132 valence electrons. The summed E-state index contributed by atoms with van der Waals surface area (Å²) in [6.45, 7) is 3.13. The largest absolute Gasteiger partial charge is 0.447 e. The number of hydrogen-bond acceptors (Lipinski definition) is 4. The highest BCUT2D eigenvalue weighted by atomic mass is 79.9. The summed E-state index contributed by atoms with van der Waals surface area (Å²) in [6, 6.07) is 16.1. The van der Waals surface area contributed by atoms with Crippen LogP contribution < -0.4 is 10.2 Å². The number of amides is 1. The molecule has 0 radical (unpaired) electrons. The smallest absolute Gasteiger partial charge is 0.414 e. The number of carbonyl (C=O) groups is 1. The molecule has 1 aromatic heterocycles. The molecule has 26 heavy (non-hydrogen) atoms. The van der Waals surface area contributed by atoms with Gasteiger partial charge in [0.05, 0.1) is 12.1 Å². The van der Waals surface area contributed by atoms with Crippen LogP contribution in [0.25, 0.3) is 10.9 Å². The van der Waals surface area contributed by atoms with Crippen LogP contribution >= 0.6 is 15.9 Å². The summed E-state index contributed by atoms with van der Waals surface area (Å²) in [4.78, 5) is 17.9. The first-order valence-electron chi connectivity index (χ1n) is 8.47. The molecule has 0 spiro atoms. The average Bonchev–Trinajstić information content (AvgIpc) is 3.09. The lowest BCUT2D eigenvalue weighted by atomic mass is 10.1. The Kier molecular flexibility index (Phi) is 4.51. The Bertz CT molecular complexity index is 976. The number of aromatic nitrogens is 1. The zero-order chi connectivity index (χ0) is 18.1. The van der Waals surface area contributed by atoms with Gasteiger partial charge in [0.25, 0.3) is 0 Å². The number of cyclic esters (lactones) is 1. The van der Waals surface area contributed by atoms with E-state index in [0.717, 1.165) is 32.3 Å². The molecule has 1 saturated heterocycles. The Morgan fingerprint density at radius 2 is 2.08 bits per heavy atom. The highest BCUT2D eigenvalue weighted by Gasteiger charge is 2.24. The van der Waals surface area contributed by atoms with Gasteiger partial charge in [-0.25, -0.2) is 4.79 Å². The van der Waals surface area contributed by atoms with E-state index in [-0.39, 0.29) is 12.1 Å². The highest BCUT2D eigenvalue weighted by Crippen LogP contribution is 2.31. The van der Waals surface area contributed by atoms with Crippen molar-refractivity contribution in [1.29, 1.82) is 0 Å². The molecule has 1 amide bonds. The molecular weight excluding hydrogens is 394 g/mol. The van der Waals surface area contributed by atoms with E-state index in [1.807, 2.05) is 36.4 Å². The molecular formula is C20H18BrN3O2. The fourth-order valence-electron chi connectivity index (χ4n) is 3.17. The monoisotopic (exact) mass is 411 g/mol. The van der Waals surface area contributed by atoms with Crippen LogP contribution in [0.15, 0.2) is 59.2 Å². The zero-order valence-corrected chi connectivity index (χ0v) is 15.9. The van der Waals surface area contributed by atoms with E-state index >= 15 is 0 Å². The van der Waals surface area contributed by atoms with Crippen molar-refractivity contribution in [3.05, 3.63) is 64.8 Å². The molecule has 6 heteroatoms. The van der Waals surface area contributed by atoms with Crippen LogP contribution in [-0.4, -0.2) is 24.2 Å². The minimum atomic E-state index is -0.284. The quantitative estimate of drug-likeness (QED) is 0.646. The predicted molar refractivity (Wildman–Crippen MR) is 107 cm³/mol. The Hall–Kier alpha value is -2.60. The second-order valence-electron chi connectivity index (χ2n) is 6.22. The molecule has 3 aromatic rings. The molecule has 5 nitrogen and oxygen atoms in total. The maximum atomic E-state index is 11.8. The van der Waals surface area contributed by atoms with Gasteiger partial charge in [-0.1, -0.05) is 24.3 Å². The normalized spacial score (nSPS) is 15.2. The molecule has 1 aliphatic rings. The lowest BCUT2D eigenvalue weighted by Crippen LogP contribution is -2.23. The number of anilines is 2. The fraction of sp³-hybridized carbons (Fsp3) is 0.200. The number of para-hydroxylation sites is 1. The number of carbonyl (C=O) groups excluding carboxylic acids is 1. The van der Waals surface area contributed by atoms with Gasteiger partial charge in [0.15, 0.2) is 0 Å². The van der Waals surface area contributed by atoms with Gasteiger partial charge in [0, 0.05) is 33.5 Å². The minimum Gasteiger partial charge on any atom is -0.447 e. The van der Waals surface area contributed by atoms with Crippen molar-refractivity contribution in [2.24, 2.45) is 0 Å². The highest BCUT2D eigenvalue weighted by molar-refractivity contribution is 9.10. The van der Waals surface area contributed by atoms with E-state index in [1.165, 1.54) is 0 Å².